The van der Waals surface area contributed by atoms with Crippen LogP contribution in [0.1, 0.15) is 17.5 Å². The summed E-state index contributed by atoms with van der Waals surface area (Å²) in [5, 5.41) is 21.8. The molecule has 22 heavy (non-hydrogen) atoms. The van der Waals surface area contributed by atoms with E-state index in [2.05, 4.69) is 4.90 Å². The molecule has 0 spiro atoms. The molecule has 1 saturated heterocycles. The number of nitrogens with zero attached hydrogens (tertiary/aromatic N) is 1. The van der Waals surface area contributed by atoms with Crippen molar-refractivity contribution < 1.29 is 10.2 Å². The summed E-state index contributed by atoms with van der Waals surface area (Å²) >= 11 is 0. The summed E-state index contributed by atoms with van der Waals surface area (Å²) < 4.78 is 0. The summed E-state index contributed by atoms with van der Waals surface area (Å²) in [6.07, 6.45) is 0.202. The Labute approximate surface area is 131 Å². The number of aliphatic hydroxyl groups excluding tert-OH is 1. The van der Waals surface area contributed by atoms with E-state index < -0.39 is 11.7 Å². The van der Waals surface area contributed by atoms with Crippen molar-refractivity contribution in [2.75, 3.05) is 20.1 Å². The van der Waals surface area contributed by atoms with Crippen LogP contribution in [0, 0.1) is 5.92 Å². The van der Waals surface area contributed by atoms with Gasteiger partial charge in [0.1, 0.15) is 5.60 Å². The Morgan fingerprint density at radius 2 is 1.41 bits per heavy atom. The number of piperidine rings is 1. The van der Waals surface area contributed by atoms with Crippen LogP contribution in [0.2, 0.25) is 0 Å². The van der Waals surface area contributed by atoms with Gasteiger partial charge in [-0.15, -0.1) is 0 Å². The molecule has 0 radical (unpaired) electrons. The van der Waals surface area contributed by atoms with E-state index in [1.54, 1.807) is 0 Å². The van der Waals surface area contributed by atoms with E-state index in [0.29, 0.717) is 13.0 Å². The van der Waals surface area contributed by atoms with Crippen molar-refractivity contribution in [2.24, 2.45) is 5.92 Å². The first-order valence-corrected chi connectivity index (χ1v) is 7.80. The third-order valence-corrected chi connectivity index (χ3v) is 4.63. The van der Waals surface area contributed by atoms with E-state index in [-0.39, 0.29) is 5.92 Å². The fraction of sp³-hybridized carbons (Fsp3) is 0.368. The summed E-state index contributed by atoms with van der Waals surface area (Å²) in [6.45, 7) is 1.42. The maximum absolute atomic E-state index is 11.7. The van der Waals surface area contributed by atoms with Gasteiger partial charge < -0.3 is 15.1 Å². The number of benzene rings is 2. The van der Waals surface area contributed by atoms with Crippen LogP contribution in [0.15, 0.2) is 60.7 Å². The molecule has 0 aliphatic carbocycles. The molecule has 0 bridgehead atoms. The maximum Gasteiger partial charge on any atom is 0.119 e. The fourth-order valence-electron chi connectivity index (χ4n) is 3.61. The zero-order valence-electron chi connectivity index (χ0n) is 12.9. The molecule has 2 N–H and O–H groups in total. The number of hydrogen-bond acceptors (Lipinski definition) is 3. The molecule has 3 nitrogen and oxygen atoms in total. The average Bonchev–Trinajstić information content (AvgIpc) is 2.55. The highest BCUT2D eigenvalue weighted by Crippen LogP contribution is 2.40. The SMILES string of the molecule is CN1C[C@@H](O)C[C@@H](C(O)(c2ccccc2)c2ccccc2)C1. The van der Waals surface area contributed by atoms with Crippen LogP contribution in [-0.4, -0.2) is 41.4 Å². The summed E-state index contributed by atoms with van der Waals surface area (Å²) in [6, 6.07) is 19.6. The third-order valence-electron chi connectivity index (χ3n) is 4.63. The molecule has 0 amide bonds. The third kappa shape index (κ3) is 2.80. The Hall–Kier alpha value is -1.68. The quantitative estimate of drug-likeness (QED) is 0.913. The van der Waals surface area contributed by atoms with Gasteiger partial charge in [-0.1, -0.05) is 60.7 Å². The molecular formula is C19H23NO2. The monoisotopic (exact) mass is 297 g/mol. The number of aliphatic hydroxyl groups is 2. The van der Waals surface area contributed by atoms with Crippen molar-refractivity contribution in [1.29, 1.82) is 0 Å². The van der Waals surface area contributed by atoms with Gasteiger partial charge in [-0.05, 0) is 24.6 Å². The molecule has 0 aromatic heterocycles. The number of hydrogen-bond donors (Lipinski definition) is 2. The van der Waals surface area contributed by atoms with Crippen LogP contribution in [0.3, 0.4) is 0 Å². The van der Waals surface area contributed by atoms with E-state index in [0.717, 1.165) is 17.7 Å². The smallest absolute Gasteiger partial charge is 0.119 e. The van der Waals surface area contributed by atoms with Gasteiger partial charge in [0, 0.05) is 19.0 Å². The van der Waals surface area contributed by atoms with Crippen LogP contribution in [-0.2, 0) is 5.60 Å². The predicted molar refractivity (Wildman–Crippen MR) is 87.5 cm³/mol. The van der Waals surface area contributed by atoms with Crippen molar-refractivity contribution in [2.45, 2.75) is 18.1 Å². The Balaban J connectivity index is 2.07. The first-order valence-electron chi connectivity index (χ1n) is 7.80. The summed E-state index contributed by atoms with van der Waals surface area (Å²) in [5.74, 6) is -0.0500. The first kappa shape index (κ1) is 15.2. The number of likely N-dealkylation sites (N-methyl/N-ethyl adjacent to an activating group) is 1. The lowest BCUT2D eigenvalue weighted by Crippen LogP contribution is -2.50. The van der Waals surface area contributed by atoms with Gasteiger partial charge in [0.2, 0.25) is 0 Å². The number of likely N-dealkylation sites (tertiary alicyclic amines) is 1. The van der Waals surface area contributed by atoms with Gasteiger partial charge in [-0.2, -0.15) is 0 Å². The standard InChI is InChI=1S/C19H23NO2/c1-20-13-17(12-18(21)14-20)19(22,15-8-4-2-5-9-15)16-10-6-3-7-11-16/h2-11,17-18,21-22H,12-14H2,1H3/t17-,18+/m1/s1. The predicted octanol–water partition coefficient (Wildman–Crippen LogP) is 2.24. The zero-order chi connectivity index (χ0) is 15.6. The van der Waals surface area contributed by atoms with Crippen molar-refractivity contribution >= 4 is 0 Å². The average molecular weight is 297 g/mol. The highest BCUT2D eigenvalue weighted by atomic mass is 16.3. The Morgan fingerprint density at radius 3 is 1.86 bits per heavy atom. The van der Waals surface area contributed by atoms with E-state index >= 15 is 0 Å². The second kappa shape index (κ2) is 6.21. The minimum absolute atomic E-state index is 0.0500. The van der Waals surface area contributed by atoms with Gasteiger partial charge in [0.25, 0.3) is 0 Å². The van der Waals surface area contributed by atoms with E-state index in [1.807, 2.05) is 67.7 Å². The molecule has 0 saturated carbocycles. The fourth-order valence-corrected chi connectivity index (χ4v) is 3.61. The molecule has 1 heterocycles. The molecule has 1 fully saturated rings. The summed E-state index contributed by atoms with van der Waals surface area (Å²) in [4.78, 5) is 2.09. The lowest BCUT2D eigenvalue weighted by atomic mass is 9.72. The van der Waals surface area contributed by atoms with Crippen LogP contribution in [0.5, 0.6) is 0 Å². The molecule has 2 aromatic carbocycles. The highest BCUT2D eigenvalue weighted by molar-refractivity contribution is 5.37. The second-order valence-electron chi connectivity index (χ2n) is 6.31. The normalized spacial score (nSPS) is 23.4. The molecule has 0 unspecified atom stereocenters. The molecule has 116 valence electrons. The number of rotatable bonds is 3. The summed E-state index contributed by atoms with van der Waals surface area (Å²) in [5.41, 5.74) is 0.681. The van der Waals surface area contributed by atoms with Gasteiger partial charge in [0.15, 0.2) is 0 Å². The topological polar surface area (TPSA) is 43.7 Å². The Morgan fingerprint density at radius 1 is 0.909 bits per heavy atom. The first-order chi connectivity index (χ1) is 10.6. The Kier molecular flexibility index (Phi) is 4.30. The van der Waals surface area contributed by atoms with E-state index in [9.17, 15) is 10.2 Å². The zero-order valence-corrected chi connectivity index (χ0v) is 12.9. The van der Waals surface area contributed by atoms with Crippen LogP contribution < -0.4 is 0 Å². The number of β-amino-alcohol motifs (C(OH)–C–C–N with tert-alkyl or cyclic N) is 1. The molecule has 2 aromatic rings. The van der Waals surface area contributed by atoms with Gasteiger partial charge >= 0.3 is 0 Å². The Bertz CT molecular complexity index is 550. The van der Waals surface area contributed by atoms with Crippen LogP contribution in [0.4, 0.5) is 0 Å². The minimum atomic E-state index is -1.09. The van der Waals surface area contributed by atoms with Crippen molar-refractivity contribution in [3.8, 4) is 0 Å². The van der Waals surface area contributed by atoms with Crippen LogP contribution in [0.25, 0.3) is 0 Å². The molecule has 2 atom stereocenters. The van der Waals surface area contributed by atoms with Gasteiger partial charge in [0.05, 0.1) is 6.10 Å². The summed E-state index contributed by atoms with van der Waals surface area (Å²) in [7, 11) is 1.99. The van der Waals surface area contributed by atoms with Crippen molar-refractivity contribution in [1.82, 2.24) is 4.90 Å². The maximum atomic E-state index is 11.7. The molecular weight excluding hydrogens is 274 g/mol. The van der Waals surface area contributed by atoms with E-state index in [1.165, 1.54) is 0 Å². The van der Waals surface area contributed by atoms with Crippen molar-refractivity contribution in [3.05, 3.63) is 71.8 Å². The highest BCUT2D eigenvalue weighted by Gasteiger charge is 2.43. The van der Waals surface area contributed by atoms with Gasteiger partial charge in [-0.25, -0.2) is 0 Å². The van der Waals surface area contributed by atoms with E-state index in [4.69, 9.17) is 0 Å². The van der Waals surface area contributed by atoms with Crippen LogP contribution >= 0.6 is 0 Å². The largest absolute Gasteiger partial charge is 0.392 e. The molecule has 1 aliphatic heterocycles. The molecule has 3 rings (SSSR count). The van der Waals surface area contributed by atoms with Crippen molar-refractivity contribution in [3.63, 3.8) is 0 Å². The molecule has 1 aliphatic rings. The van der Waals surface area contributed by atoms with Gasteiger partial charge in [-0.3, -0.25) is 0 Å². The second-order valence-corrected chi connectivity index (χ2v) is 6.31. The lowest BCUT2D eigenvalue weighted by Gasteiger charge is -2.43. The molecule has 3 heteroatoms. The lowest BCUT2D eigenvalue weighted by molar-refractivity contribution is -0.0507. The minimum Gasteiger partial charge on any atom is -0.392 e.